The molecule has 0 unspecified atom stereocenters. The van der Waals surface area contributed by atoms with Gasteiger partial charge in [0, 0.05) is 11.9 Å². The Labute approximate surface area is 150 Å². The second-order valence-corrected chi connectivity index (χ2v) is 6.86. The first-order valence-corrected chi connectivity index (χ1v) is 8.72. The van der Waals surface area contributed by atoms with Crippen LogP contribution in [0.3, 0.4) is 0 Å². The molecule has 0 spiro atoms. The number of rotatable bonds is 5. The third kappa shape index (κ3) is 4.22. The number of benzene rings is 1. The van der Waals surface area contributed by atoms with Gasteiger partial charge in [-0.25, -0.2) is 4.98 Å². The minimum absolute atomic E-state index is 0.142. The van der Waals surface area contributed by atoms with Crippen molar-refractivity contribution in [3.05, 3.63) is 69.4 Å². The maximum Gasteiger partial charge on any atom is 0.267 e. The van der Waals surface area contributed by atoms with E-state index in [2.05, 4.69) is 15.3 Å². The Morgan fingerprint density at radius 2 is 2.08 bits per heavy atom. The van der Waals surface area contributed by atoms with E-state index in [0.29, 0.717) is 22.9 Å². The van der Waals surface area contributed by atoms with Crippen molar-refractivity contribution in [2.24, 2.45) is 0 Å². The van der Waals surface area contributed by atoms with Crippen molar-refractivity contribution >= 4 is 22.9 Å². The molecule has 1 amide bonds. The predicted octanol–water partition coefficient (Wildman–Crippen LogP) is 4.29. The Morgan fingerprint density at radius 3 is 2.84 bits per heavy atom. The highest BCUT2D eigenvalue weighted by atomic mass is 32.1. The molecule has 1 aromatic carbocycles. The van der Waals surface area contributed by atoms with Gasteiger partial charge in [0.15, 0.2) is 0 Å². The molecule has 2 heterocycles. The van der Waals surface area contributed by atoms with Crippen molar-refractivity contribution < 1.29 is 9.53 Å². The van der Waals surface area contributed by atoms with Crippen LogP contribution in [0.5, 0.6) is 5.75 Å². The lowest BCUT2D eigenvalue weighted by molar-refractivity contribution is 0.102. The SMILES string of the molecule is Cc1ccc(C)c(NC(=O)c2sc(COc3cccnc3)nc2C)c1. The molecule has 25 heavy (non-hydrogen) atoms. The number of aromatic nitrogens is 2. The number of anilines is 1. The van der Waals surface area contributed by atoms with Crippen LogP contribution in [0, 0.1) is 20.8 Å². The zero-order valence-electron chi connectivity index (χ0n) is 14.4. The summed E-state index contributed by atoms with van der Waals surface area (Å²) in [6.07, 6.45) is 3.34. The van der Waals surface area contributed by atoms with Crippen molar-refractivity contribution in [3.63, 3.8) is 0 Å². The summed E-state index contributed by atoms with van der Waals surface area (Å²) in [5, 5.41) is 3.73. The van der Waals surface area contributed by atoms with Crippen LogP contribution in [0.4, 0.5) is 5.69 Å². The Kier molecular flexibility index (Phi) is 5.09. The molecule has 0 bridgehead atoms. The summed E-state index contributed by atoms with van der Waals surface area (Å²) in [6, 6.07) is 9.64. The highest BCUT2D eigenvalue weighted by molar-refractivity contribution is 7.13. The summed E-state index contributed by atoms with van der Waals surface area (Å²) in [4.78, 5) is 21.6. The molecule has 0 aliphatic rings. The van der Waals surface area contributed by atoms with E-state index in [1.807, 2.05) is 51.1 Å². The van der Waals surface area contributed by atoms with Crippen LogP contribution in [0.25, 0.3) is 0 Å². The molecule has 0 atom stereocenters. The largest absolute Gasteiger partial charge is 0.485 e. The van der Waals surface area contributed by atoms with Crippen LogP contribution < -0.4 is 10.1 Å². The first-order valence-electron chi connectivity index (χ1n) is 7.90. The van der Waals surface area contributed by atoms with Gasteiger partial charge in [0.1, 0.15) is 22.2 Å². The Bertz CT molecular complexity index is 891. The third-order valence-corrected chi connectivity index (χ3v) is 4.81. The molecule has 0 saturated carbocycles. The number of amides is 1. The van der Waals surface area contributed by atoms with Crippen molar-refractivity contribution in [3.8, 4) is 5.75 Å². The van der Waals surface area contributed by atoms with Crippen LogP contribution in [-0.4, -0.2) is 15.9 Å². The summed E-state index contributed by atoms with van der Waals surface area (Å²) in [7, 11) is 0. The maximum atomic E-state index is 12.6. The topological polar surface area (TPSA) is 64.1 Å². The van der Waals surface area contributed by atoms with Crippen LogP contribution in [0.2, 0.25) is 0 Å². The van der Waals surface area contributed by atoms with Gasteiger partial charge < -0.3 is 10.1 Å². The second kappa shape index (κ2) is 7.44. The second-order valence-electron chi connectivity index (χ2n) is 5.77. The molecule has 0 aliphatic carbocycles. The first kappa shape index (κ1) is 17.1. The molecule has 0 aliphatic heterocycles. The normalized spacial score (nSPS) is 10.5. The number of nitrogens with one attached hydrogen (secondary N) is 1. The van der Waals surface area contributed by atoms with Crippen molar-refractivity contribution in [1.29, 1.82) is 0 Å². The fourth-order valence-electron chi connectivity index (χ4n) is 2.35. The van der Waals surface area contributed by atoms with Crippen LogP contribution in [-0.2, 0) is 6.61 Å². The quantitative estimate of drug-likeness (QED) is 0.743. The highest BCUT2D eigenvalue weighted by Crippen LogP contribution is 2.23. The lowest BCUT2D eigenvalue weighted by atomic mass is 10.1. The van der Waals surface area contributed by atoms with E-state index < -0.39 is 0 Å². The van der Waals surface area contributed by atoms with Gasteiger partial charge in [0.05, 0.1) is 11.9 Å². The number of carbonyl (C=O) groups excluding carboxylic acids is 1. The lowest BCUT2D eigenvalue weighted by Gasteiger charge is -2.08. The highest BCUT2D eigenvalue weighted by Gasteiger charge is 2.16. The Balaban J connectivity index is 1.71. The lowest BCUT2D eigenvalue weighted by Crippen LogP contribution is -2.12. The zero-order chi connectivity index (χ0) is 17.8. The predicted molar refractivity (Wildman–Crippen MR) is 99.3 cm³/mol. The van der Waals surface area contributed by atoms with Gasteiger partial charge in [0.25, 0.3) is 5.91 Å². The van der Waals surface area contributed by atoms with E-state index in [1.165, 1.54) is 11.3 Å². The minimum atomic E-state index is -0.142. The van der Waals surface area contributed by atoms with Crippen LogP contribution >= 0.6 is 11.3 Å². The van der Waals surface area contributed by atoms with E-state index in [0.717, 1.165) is 21.8 Å². The monoisotopic (exact) mass is 353 g/mol. The van der Waals surface area contributed by atoms with Gasteiger partial charge in [-0.3, -0.25) is 9.78 Å². The molecule has 128 valence electrons. The van der Waals surface area contributed by atoms with Gasteiger partial charge in [-0.05, 0) is 50.1 Å². The molecular formula is C19H19N3O2S. The number of hydrogen-bond donors (Lipinski definition) is 1. The molecule has 3 rings (SSSR count). The van der Waals surface area contributed by atoms with E-state index >= 15 is 0 Å². The number of ether oxygens (including phenoxy) is 1. The summed E-state index contributed by atoms with van der Waals surface area (Å²) >= 11 is 1.35. The summed E-state index contributed by atoms with van der Waals surface area (Å²) < 4.78 is 5.65. The molecule has 0 fully saturated rings. The molecule has 0 saturated heterocycles. The average molecular weight is 353 g/mol. The standard InChI is InChI=1S/C19H19N3O2S/c1-12-6-7-13(2)16(9-12)22-19(23)18-14(3)21-17(25-18)11-24-15-5-4-8-20-10-15/h4-10H,11H2,1-3H3,(H,22,23). The zero-order valence-corrected chi connectivity index (χ0v) is 15.2. The smallest absolute Gasteiger partial charge is 0.267 e. The maximum absolute atomic E-state index is 12.6. The summed E-state index contributed by atoms with van der Waals surface area (Å²) in [6.45, 7) is 6.12. The number of pyridine rings is 1. The van der Waals surface area contributed by atoms with E-state index in [4.69, 9.17) is 4.74 Å². The van der Waals surface area contributed by atoms with E-state index in [1.54, 1.807) is 12.4 Å². The van der Waals surface area contributed by atoms with Crippen LogP contribution in [0.1, 0.15) is 31.5 Å². The molecule has 3 aromatic rings. The van der Waals surface area contributed by atoms with Crippen molar-refractivity contribution in [2.45, 2.75) is 27.4 Å². The number of thiazole rings is 1. The van der Waals surface area contributed by atoms with Gasteiger partial charge in [-0.1, -0.05) is 12.1 Å². The van der Waals surface area contributed by atoms with Gasteiger partial charge in [-0.2, -0.15) is 0 Å². The summed E-state index contributed by atoms with van der Waals surface area (Å²) in [5.41, 5.74) is 3.66. The van der Waals surface area contributed by atoms with Gasteiger partial charge >= 0.3 is 0 Å². The Hall–Kier alpha value is -2.73. The average Bonchev–Trinajstić information content (AvgIpc) is 2.98. The Morgan fingerprint density at radius 1 is 1.24 bits per heavy atom. The fourth-order valence-corrected chi connectivity index (χ4v) is 3.22. The number of nitrogens with zero attached hydrogens (tertiary/aromatic N) is 2. The number of carbonyl (C=O) groups is 1. The first-order chi connectivity index (χ1) is 12.0. The van der Waals surface area contributed by atoms with Crippen molar-refractivity contribution in [1.82, 2.24) is 9.97 Å². The molecule has 6 heteroatoms. The van der Waals surface area contributed by atoms with Crippen LogP contribution in [0.15, 0.2) is 42.7 Å². The van der Waals surface area contributed by atoms with Gasteiger partial charge in [0.2, 0.25) is 0 Å². The third-order valence-electron chi connectivity index (χ3n) is 3.69. The van der Waals surface area contributed by atoms with Gasteiger partial charge in [-0.15, -0.1) is 11.3 Å². The molecule has 1 N–H and O–H groups in total. The van der Waals surface area contributed by atoms with Crippen molar-refractivity contribution in [2.75, 3.05) is 5.32 Å². The minimum Gasteiger partial charge on any atom is -0.485 e. The molecular weight excluding hydrogens is 334 g/mol. The fraction of sp³-hybridized carbons (Fsp3) is 0.211. The molecule has 5 nitrogen and oxygen atoms in total. The van der Waals surface area contributed by atoms with E-state index in [-0.39, 0.29) is 5.91 Å². The number of hydrogen-bond acceptors (Lipinski definition) is 5. The molecule has 2 aromatic heterocycles. The number of aryl methyl sites for hydroxylation is 3. The summed E-state index contributed by atoms with van der Waals surface area (Å²) in [5.74, 6) is 0.535. The van der Waals surface area contributed by atoms with E-state index in [9.17, 15) is 4.79 Å². The molecule has 0 radical (unpaired) electrons.